The molecule has 0 aliphatic carbocycles. The van der Waals surface area contributed by atoms with E-state index in [1.807, 2.05) is 0 Å². The lowest BCUT2D eigenvalue weighted by Gasteiger charge is -2.01. The lowest BCUT2D eigenvalue weighted by atomic mass is 10.1. The second-order valence-corrected chi connectivity index (χ2v) is 4.51. The highest BCUT2D eigenvalue weighted by Crippen LogP contribution is 2.07. The second kappa shape index (κ2) is 14.0. The average Bonchev–Trinajstić information content (AvgIpc) is 2.34. The molecule has 0 atom stereocenters. The van der Waals surface area contributed by atoms with Crippen molar-refractivity contribution in [2.24, 2.45) is 0 Å². The van der Waals surface area contributed by atoms with Crippen molar-refractivity contribution in [3.8, 4) is 0 Å². The highest BCUT2D eigenvalue weighted by molar-refractivity contribution is 5.65. The molecule has 0 rings (SSSR count). The standard InChI is InChI=1S/C16H28O2/c1-3-4-5-6-7-8-9-10-11-12-13-14-15-18-16(2)17/h4-7H,3,8-15H2,1-2H3/b5-4?,7-6-. The molecule has 0 N–H and O–H groups in total. The summed E-state index contributed by atoms with van der Waals surface area (Å²) < 4.78 is 4.88. The molecule has 0 fully saturated rings. The zero-order chi connectivity index (χ0) is 13.5. The van der Waals surface area contributed by atoms with Gasteiger partial charge >= 0.3 is 5.97 Å². The third-order valence-electron chi connectivity index (χ3n) is 2.69. The Morgan fingerprint density at radius 3 is 2.22 bits per heavy atom. The monoisotopic (exact) mass is 252 g/mol. The molecule has 2 nitrogen and oxygen atoms in total. The van der Waals surface area contributed by atoms with Crippen LogP contribution in [-0.4, -0.2) is 12.6 Å². The van der Waals surface area contributed by atoms with E-state index in [9.17, 15) is 4.79 Å². The second-order valence-electron chi connectivity index (χ2n) is 4.51. The number of unbranched alkanes of at least 4 members (excludes halogenated alkanes) is 6. The van der Waals surface area contributed by atoms with Crippen LogP contribution >= 0.6 is 0 Å². The predicted molar refractivity (Wildman–Crippen MR) is 77.5 cm³/mol. The van der Waals surface area contributed by atoms with Crippen molar-refractivity contribution in [3.05, 3.63) is 24.3 Å². The van der Waals surface area contributed by atoms with Gasteiger partial charge in [-0.25, -0.2) is 0 Å². The average molecular weight is 252 g/mol. The molecule has 0 aliphatic heterocycles. The molecule has 0 unspecified atom stereocenters. The van der Waals surface area contributed by atoms with Gasteiger partial charge < -0.3 is 4.74 Å². The van der Waals surface area contributed by atoms with Crippen LogP contribution in [0.25, 0.3) is 0 Å². The van der Waals surface area contributed by atoms with E-state index < -0.39 is 0 Å². The van der Waals surface area contributed by atoms with E-state index in [0.717, 1.165) is 12.8 Å². The maximum absolute atomic E-state index is 10.5. The molecule has 0 aromatic rings. The van der Waals surface area contributed by atoms with Gasteiger partial charge in [-0.05, 0) is 25.7 Å². The highest BCUT2D eigenvalue weighted by Gasteiger charge is 1.93. The summed E-state index contributed by atoms with van der Waals surface area (Å²) in [5, 5.41) is 0. The Kier molecular flexibility index (Phi) is 13.2. The first kappa shape index (κ1) is 16.9. The summed E-state index contributed by atoms with van der Waals surface area (Å²) in [4.78, 5) is 10.5. The molecule has 2 heteroatoms. The number of rotatable bonds is 11. The molecule has 0 aliphatic rings. The van der Waals surface area contributed by atoms with Crippen molar-refractivity contribution < 1.29 is 9.53 Å². The number of carbonyl (C=O) groups is 1. The fourth-order valence-corrected chi connectivity index (χ4v) is 1.68. The van der Waals surface area contributed by atoms with Gasteiger partial charge in [0, 0.05) is 6.92 Å². The zero-order valence-electron chi connectivity index (χ0n) is 12.0. The summed E-state index contributed by atoms with van der Waals surface area (Å²) in [6.07, 6.45) is 18.3. The van der Waals surface area contributed by atoms with Gasteiger partial charge in [0.15, 0.2) is 0 Å². The first-order valence-electron chi connectivity index (χ1n) is 7.22. The van der Waals surface area contributed by atoms with E-state index in [1.54, 1.807) is 0 Å². The maximum atomic E-state index is 10.5. The lowest BCUT2D eigenvalue weighted by Crippen LogP contribution is -1.99. The van der Waals surface area contributed by atoms with Gasteiger partial charge in [-0.1, -0.05) is 56.9 Å². The molecule has 18 heavy (non-hydrogen) atoms. The number of hydrogen-bond acceptors (Lipinski definition) is 2. The summed E-state index contributed by atoms with van der Waals surface area (Å²) in [5.41, 5.74) is 0. The Labute approximate surface area is 112 Å². The van der Waals surface area contributed by atoms with Crippen molar-refractivity contribution in [1.82, 2.24) is 0 Å². The largest absolute Gasteiger partial charge is 0.466 e. The maximum Gasteiger partial charge on any atom is 0.302 e. The molecular weight excluding hydrogens is 224 g/mol. The van der Waals surface area contributed by atoms with Gasteiger partial charge in [0.2, 0.25) is 0 Å². The third-order valence-corrected chi connectivity index (χ3v) is 2.69. The van der Waals surface area contributed by atoms with Crippen LogP contribution in [0.4, 0.5) is 0 Å². The zero-order valence-corrected chi connectivity index (χ0v) is 12.0. The van der Waals surface area contributed by atoms with Crippen LogP contribution in [0, 0.1) is 0 Å². The summed E-state index contributed by atoms with van der Waals surface area (Å²) in [6.45, 7) is 4.19. The molecule has 0 amide bonds. The normalized spacial score (nSPS) is 11.4. The number of ether oxygens (including phenoxy) is 1. The molecule has 0 radical (unpaired) electrons. The SMILES string of the molecule is CCC=C/C=C\CCCCCCCCOC(C)=O. The van der Waals surface area contributed by atoms with E-state index in [4.69, 9.17) is 4.74 Å². The minimum absolute atomic E-state index is 0.168. The Morgan fingerprint density at radius 2 is 1.56 bits per heavy atom. The van der Waals surface area contributed by atoms with Crippen LogP contribution in [0.5, 0.6) is 0 Å². The van der Waals surface area contributed by atoms with Crippen molar-refractivity contribution >= 4 is 5.97 Å². The first-order valence-corrected chi connectivity index (χ1v) is 7.22. The summed E-state index contributed by atoms with van der Waals surface area (Å²) in [5.74, 6) is -0.168. The van der Waals surface area contributed by atoms with Crippen LogP contribution in [0.15, 0.2) is 24.3 Å². The van der Waals surface area contributed by atoms with Crippen LogP contribution in [-0.2, 0) is 9.53 Å². The van der Waals surface area contributed by atoms with Crippen LogP contribution in [0.3, 0.4) is 0 Å². The lowest BCUT2D eigenvalue weighted by molar-refractivity contribution is -0.141. The minimum Gasteiger partial charge on any atom is -0.466 e. The third kappa shape index (κ3) is 14.9. The van der Waals surface area contributed by atoms with Crippen molar-refractivity contribution in [1.29, 1.82) is 0 Å². The van der Waals surface area contributed by atoms with Crippen molar-refractivity contribution in [2.45, 2.75) is 65.2 Å². The summed E-state index contributed by atoms with van der Waals surface area (Å²) in [6, 6.07) is 0. The van der Waals surface area contributed by atoms with E-state index in [0.29, 0.717) is 6.61 Å². The molecule has 0 spiro atoms. The molecular formula is C16H28O2. The van der Waals surface area contributed by atoms with Crippen LogP contribution < -0.4 is 0 Å². The molecule has 0 saturated carbocycles. The minimum atomic E-state index is -0.168. The van der Waals surface area contributed by atoms with Crippen LogP contribution in [0.2, 0.25) is 0 Å². The number of carbonyl (C=O) groups excluding carboxylic acids is 1. The van der Waals surface area contributed by atoms with Gasteiger partial charge in [-0.2, -0.15) is 0 Å². The number of hydrogen-bond donors (Lipinski definition) is 0. The molecule has 0 heterocycles. The molecule has 0 bridgehead atoms. The van der Waals surface area contributed by atoms with E-state index in [2.05, 4.69) is 31.2 Å². The summed E-state index contributed by atoms with van der Waals surface area (Å²) in [7, 11) is 0. The molecule has 0 aromatic carbocycles. The van der Waals surface area contributed by atoms with Crippen LogP contribution in [0.1, 0.15) is 65.2 Å². The summed E-state index contributed by atoms with van der Waals surface area (Å²) >= 11 is 0. The van der Waals surface area contributed by atoms with E-state index >= 15 is 0 Å². The molecule has 104 valence electrons. The Hall–Kier alpha value is -1.05. The van der Waals surface area contributed by atoms with Gasteiger partial charge in [-0.3, -0.25) is 4.79 Å². The fraction of sp³-hybridized carbons (Fsp3) is 0.688. The van der Waals surface area contributed by atoms with E-state index in [1.165, 1.54) is 45.4 Å². The Morgan fingerprint density at radius 1 is 0.944 bits per heavy atom. The predicted octanol–water partition coefficient (Wildman–Crippen LogP) is 4.80. The topological polar surface area (TPSA) is 26.3 Å². The smallest absolute Gasteiger partial charge is 0.302 e. The van der Waals surface area contributed by atoms with Crippen molar-refractivity contribution in [2.75, 3.05) is 6.61 Å². The Bertz CT molecular complexity index is 241. The van der Waals surface area contributed by atoms with Crippen molar-refractivity contribution in [3.63, 3.8) is 0 Å². The van der Waals surface area contributed by atoms with Gasteiger partial charge in [0.1, 0.15) is 0 Å². The van der Waals surface area contributed by atoms with E-state index in [-0.39, 0.29) is 5.97 Å². The Balaban J connectivity index is 3.09. The fourth-order valence-electron chi connectivity index (χ4n) is 1.68. The van der Waals surface area contributed by atoms with Gasteiger partial charge in [0.05, 0.1) is 6.61 Å². The van der Waals surface area contributed by atoms with Gasteiger partial charge in [-0.15, -0.1) is 0 Å². The quantitative estimate of drug-likeness (QED) is 0.300. The number of esters is 1. The molecule has 0 aromatic heterocycles. The first-order chi connectivity index (χ1) is 8.77. The molecule has 0 saturated heterocycles. The highest BCUT2D eigenvalue weighted by atomic mass is 16.5. The van der Waals surface area contributed by atoms with Gasteiger partial charge in [0.25, 0.3) is 0 Å². The number of allylic oxidation sites excluding steroid dienone is 4.